The molecule has 0 unspecified atom stereocenters. The molecular formula is C13H22N2O. The molecule has 0 atom stereocenters. The third-order valence-electron chi connectivity index (χ3n) is 2.29. The third kappa shape index (κ3) is 6.53. The van der Waals surface area contributed by atoms with Crippen LogP contribution in [0.15, 0.2) is 24.4 Å². The number of rotatable bonds is 8. The maximum Gasteiger partial charge on any atom is 0.0591 e. The molecule has 1 heterocycles. The lowest BCUT2D eigenvalue weighted by atomic mass is 10.1. The minimum atomic E-state index is 0.724. The Morgan fingerprint density at radius 1 is 1.31 bits per heavy atom. The maximum atomic E-state index is 5.50. The fraction of sp³-hybridized carbons (Fsp3) is 0.615. The Balaban J connectivity index is 1.93. The molecule has 0 aromatic carbocycles. The second-order valence-electron chi connectivity index (χ2n) is 4.29. The lowest BCUT2D eigenvalue weighted by Crippen LogP contribution is -2.20. The molecular weight excluding hydrogens is 200 g/mol. The second kappa shape index (κ2) is 8.25. The molecule has 3 nitrogen and oxygen atoms in total. The van der Waals surface area contributed by atoms with E-state index in [4.69, 9.17) is 4.74 Å². The molecule has 0 radical (unpaired) electrons. The third-order valence-corrected chi connectivity index (χ3v) is 2.29. The Morgan fingerprint density at radius 2 is 2.19 bits per heavy atom. The standard InChI is InChI=1S/C13H22N2O/c1-12(2)6-9-16-10-8-14-11-13-5-3-4-7-15-13/h3-5,7,12,14H,6,8-11H2,1-2H3. The average molecular weight is 222 g/mol. The van der Waals surface area contributed by atoms with Gasteiger partial charge in [-0.25, -0.2) is 0 Å². The molecule has 1 N–H and O–H groups in total. The monoisotopic (exact) mass is 222 g/mol. The molecule has 0 bridgehead atoms. The summed E-state index contributed by atoms with van der Waals surface area (Å²) >= 11 is 0. The van der Waals surface area contributed by atoms with Crippen molar-refractivity contribution < 1.29 is 4.74 Å². The first-order valence-electron chi connectivity index (χ1n) is 5.97. The maximum absolute atomic E-state index is 5.50. The van der Waals surface area contributed by atoms with Crippen molar-refractivity contribution in [2.75, 3.05) is 19.8 Å². The van der Waals surface area contributed by atoms with E-state index in [1.165, 1.54) is 0 Å². The summed E-state index contributed by atoms with van der Waals surface area (Å²) in [6.45, 7) is 7.76. The molecule has 0 aliphatic carbocycles. The molecule has 3 heteroatoms. The van der Waals surface area contributed by atoms with Gasteiger partial charge in [-0.05, 0) is 24.5 Å². The highest BCUT2D eigenvalue weighted by Gasteiger charge is 1.94. The van der Waals surface area contributed by atoms with Gasteiger partial charge in [0.05, 0.1) is 12.3 Å². The van der Waals surface area contributed by atoms with Crippen molar-refractivity contribution >= 4 is 0 Å². The van der Waals surface area contributed by atoms with Crippen molar-refractivity contribution in [1.82, 2.24) is 10.3 Å². The molecule has 0 fully saturated rings. The summed E-state index contributed by atoms with van der Waals surface area (Å²) < 4.78 is 5.50. The Hall–Kier alpha value is -0.930. The van der Waals surface area contributed by atoms with Crippen LogP contribution in [0.1, 0.15) is 26.0 Å². The first kappa shape index (κ1) is 13.1. The van der Waals surface area contributed by atoms with Gasteiger partial charge in [-0.3, -0.25) is 4.98 Å². The molecule has 1 aromatic heterocycles. The van der Waals surface area contributed by atoms with Crippen molar-refractivity contribution in [2.24, 2.45) is 5.92 Å². The normalized spacial score (nSPS) is 10.9. The lowest BCUT2D eigenvalue weighted by molar-refractivity contribution is 0.125. The Bertz CT molecular complexity index is 262. The van der Waals surface area contributed by atoms with E-state index in [1.807, 2.05) is 24.4 Å². The molecule has 0 aliphatic rings. The fourth-order valence-electron chi connectivity index (χ4n) is 1.28. The zero-order valence-corrected chi connectivity index (χ0v) is 10.3. The summed E-state index contributed by atoms with van der Waals surface area (Å²) in [7, 11) is 0. The topological polar surface area (TPSA) is 34.1 Å². The van der Waals surface area contributed by atoms with Crippen LogP contribution >= 0.6 is 0 Å². The predicted molar refractivity (Wildman–Crippen MR) is 66.2 cm³/mol. The van der Waals surface area contributed by atoms with Crippen LogP contribution in [0.5, 0.6) is 0 Å². The van der Waals surface area contributed by atoms with E-state index in [2.05, 4.69) is 24.1 Å². The van der Waals surface area contributed by atoms with Gasteiger partial charge < -0.3 is 10.1 Å². The number of hydrogen-bond acceptors (Lipinski definition) is 3. The molecule has 0 saturated carbocycles. The zero-order valence-electron chi connectivity index (χ0n) is 10.3. The molecule has 0 amide bonds. The van der Waals surface area contributed by atoms with Crippen LogP contribution < -0.4 is 5.32 Å². The van der Waals surface area contributed by atoms with E-state index >= 15 is 0 Å². The quantitative estimate of drug-likeness (QED) is 0.685. The van der Waals surface area contributed by atoms with Crippen LogP contribution in [0.2, 0.25) is 0 Å². The summed E-state index contributed by atoms with van der Waals surface area (Å²) in [5.41, 5.74) is 1.07. The van der Waals surface area contributed by atoms with Crippen molar-refractivity contribution in [1.29, 1.82) is 0 Å². The number of nitrogens with one attached hydrogen (secondary N) is 1. The Morgan fingerprint density at radius 3 is 2.88 bits per heavy atom. The molecule has 0 spiro atoms. The summed E-state index contributed by atoms with van der Waals surface area (Å²) in [6, 6.07) is 5.95. The van der Waals surface area contributed by atoms with Gasteiger partial charge in [0.1, 0.15) is 0 Å². The highest BCUT2D eigenvalue weighted by Crippen LogP contribution is 1.98. The van der Waals surface area contributed by atoms with E-state index in [9.17, 15) is 0 Å². The number of hydrogen-bond donors (Lipinski definition) is 1. The predicted octanol–water partition coefficient (Wildman–Crippen LogP) is 2.23. The summed E-state index contributed by atoms with van der Waals surface area (Å²) in [5.74, 6) is 0.724. The van der Waals surface area contributed by atoms with Gasteiger partial charge in [0.15, 0.2) is 0 Å². The minimum absolute atomic E-state index is 0.724. The number of nitrogens with zero attached hydrogens (tertiary/aromatic N) is 1. The van der Waals surface area contributed by atoms with Crippen LogP contribution in [0.4, 0.5) is 0 Å². The Kier molecular flexibility index (Phi) is 6.77. The van der Waals surface area contributed by atoms with E-state index in [0.29, 0.717) is 0 Å². The van der Waals surface area contributed by atoms with Crippen LogP contribution in [-0.2, 0) is 11.3 Å². The number of aromatic nitrogens is 1. The first-order chi connectivity index (χ1) is 7.79. The summed E-state index contributed by atoms with van der Waals surface area (Å²) in [4.78, 5) is 4.23. The summed E-state index contributed by atoms with van der Waals surface area (Å²) in [6.07, 6.45) is 2.95. The SMILES string of the molecule is CC(C)CCOCCNCc1ccccn1. The fourth-order valence-corrected chi connectivity index (χ4v) is 1.28. The lowest BCUT2D eigenvalue weighted by Gasteiger charge is -2.07. The van der Waals surface area contributed by atoms with Gasteiger partial charge in [-0.15, -0.1) is 0 Å². The molecule has 1 aromatic rings. The summed E-state index contributed by atoms with van der Waals surface area (Å²) in [5, 5.41) is 3.30. The van der Waals surface area contributed by atoms with Crippen LogP contribution in [-0.4, -0.2) is 24.7 Å². The van der Waals surface area contributed by atoms with E-state index < -0.39 is 0 Å². The van der Waals surface area contributed by atoms with Crippen molar-refractivity contribution in [3.8, 4) is 0 Å². The van der Waals surface area contributed by atoms with Crippen molar-refractivity contribution in [2.45, 2.75) is 26.8 Å². The van der Waals surface area contributed by atoms with Crippen LogP contribution in [0.25, 0.3) is 0 Å². The molecule has 16 heavy (non-hydrogen) atoms. The van der Waals surface area contributed by atoms with Crippen molar-refractivity contribution in [3.05, 3.63) is 30.1 Å². The largest absolute Gasteiger partial charge is 0.380 e. The van der Waals surface area contributed by atoms with Crippen LogP contribution in [0.3, 0.4) is 0 Å². The number of ether oxygens (including phenoxy) is 1. The molecule has 90 valence electrons. The van der Waals surface area contributed by atoms with Crippen molar-refractivity contribution in [3.63, 3.8) is 0 Å². The van der Waals surface area contributed by atoms with E-state index in [0.717, 1.165) is 44.3 Å². The smallest absolute Gasteiger partial charge is 0.0591 e. The Labute approximate surface area is 98.2 Å². The van der Waals surface area contributed by atoms with Crippen LogP contribution in [0, 0.1) is 5.92 Å². The molecule has 1 rings (SSSR count). The van der Waals surface area contributed by atoms with E-state index in [-0.39, 0.29) is 0 Å². The average Bonchev–Trinajstić information content (AvgIpc) is 2.29. The van der Waals surface area contributed by atoms with E-state index in [1.54, 1.807) is 0 Å². The van der Waals surface area contributed by atoms with Gasteiger partial charge >= 0.3 is 0 Å². The van der Waals surface area contributed by atoms with Gasteiger partial charge in [-0.1, -0.05) is 19.9 Å². The van der Waals surface area contributed by atoms with Gasteiger partial charge in [0.2, 0.25) is 0 Å². The minimum Gasteiger partial charge on any atom is -0.380 e. The second-order valence-corrected chi connectivity index (χ2v) is 4.29. The van der Waals surface area contributed by atoms with Gasteiger partial charge in [0, 0.05) is 25.9 Å². The highest BCUT2D eigenvalue weighted by molar-refractivity contribution is 5.02. The van der Waals surface area contributed by atoms with Gasteiger partial charge in [0.25, 0.3) is 0 Å². The zero-order chi connectivity index (χ0) is 11.6. The highest BCUT2D eigenvalue weighted by atomic mass is 16.5. The van der Waals surface area contributed by atoms with Gasteiger partial charge in [-0.2, -0.15) is 0 Å². The number of pyridine rings is 1. The molecule has 0 aliphatic heterocycles. The first-order valence-corrected chi connectivity index (χ1v) is 5.97. The molecule has 0 saturated heterocycles.